The molecule has 2 N–H and O–H groups in total. The molecule has 0 fully saturated rings. The summed E-state index contributed by atoms with van der Waals surface area (Å²) in [5.74, 6) is 0.878. The van der Waals surface area contributed by atoms with Gasteiger partial charge in [0.2, 0.25) is 0 Å². The van der Waals surface area contributed by atoms with Gasteiger partial charge >= 0.3 is 0 Å². The lowest BCUT2D eigenvalue weighted by Gasteiger charge is -2.05. The average molecular weight is 252 g/mol. The second kappa shape index (κ2) is 4.69. The summed E-state index contributed by atoms with van der Waals surface area (Å²) in [5.41, 5.74) is 8.95. The van der Waals surface area contributed by atoms with Crippen molar-refractivity contribution in [3.8, 4) is 5.75 Å². The Morgan fingerprint density at radius 2 is 1.89 bits per heavy atom. The van der Waals surface area contributed by atoms with Crippen LogP contribution in [0.1, 0.15) is 5.56 Å². The van der Waals surface area contributed by atoms with Gasteiger partial charge in [0.1, 0.15) is 12.4 Å². The zero-order chi connectivity index (χ0) is 13.2. The second-order valence-corrected chi connectivity index (χ2v) is 4.64. The van der Waals surface area contributed by atoms with Crippen LogP contribution in [0.2, 0.25) is 0 Å². The lowest BCUT2D eigenvalue weighted by Crippen LogP contribution is -1.94. The summed E-state index contributed by atoms with van der Waals surface area (Å²) < 4.78 is 7.89. The summed E-state index contributed by atoms with van der Waals surface area (Å²) in [5, 5.41) is 1.15. The Balaban J connectivity index is 1.91. The largest absolute Gasteiger partial charge is 0.489 e. The van der Waals surface area contributed by atoms with Gasteiger partial charge in [-0.05, 0) is 30.3 Å². The topological polar surface area (TPSA) is 40.2 Å². The van der Waals surface area contributed by atoms with E-state index in [0.717, 1.165) is 22.4 Å². The molecule has 19 heavy (non-hydrogen) atoms. The van der Waals surface area contributed by atoms with E-state index in [1.807, 2.05) is 55.6 Å². The minimum Gasteiger partial charge on any atom is -0.489 e. The lowest BCUT2D eigenvalue weighted by molar-refractivity contribution is 0.307. The van der Waals surface area contributed by atoms with Crippen LogP contribution in [0.25, 0.3) is 10.9 Å². The van der Waals surface area contributed by atoms with E-state index in [-0.39, 0.29) is 0 Å². The minimum atomic E-state index is 0.546. The zero-order valence-corrected chi connectivity index (χ0v) is 10.8. The van der Waals surface area contributed by atoms with Crippen LogP contribution in [0.3, 0.4) is 0 Å². The van der Waals surface area contributed by atoms with Crippen molar-refractivity contribution in [1.29, 1.82) is 0 Å². The molecule has 0 aliphatic rings. The third kappa shape index (κ3) is 2.27. The van der Waals surface area contributed by atoms with Gasteiger partial charge in [0.05, 0.1) is 0 Å². The van der Waals surface area contributed by atoms with E-state index >= 15 is 0 Å². The average Bonchev–Trinajstić information content (AvgIpc) is 2.74. The smallest absolute Gasteiger partial charge is 0.119 e. The molecule has 3 heteroatoms. The number of ether oxygens (including phenoxy) is 1. The molecular weight excluding hydrogens is 236 g/mol. The minimum absolute atomic E-state index is 0.546. The highest BCUT2D eigenvalue weighted by atomic mass is 16.5. The Hall–Kier alpha value is -2.42. The summed E-state index contributed by atoms with van der Waals surface area (Å²) in [4.78, 5) is 0. The van der Waals surface area contributed by atoms with Crippen molar-refractivity contribution >= 4 is 16.6 Å². The van der Waals surface area contributed by atoms with Gasteiger partial charge in [0.25, 0.3) is 0 Å². The number of nitrogens with zero attached hydrogens (tertiary/aromatic N) is 1. The van der Waals surface area contributed by atoms with Crippen molar-refractivity contribution in [2.75, 3.05) is 5.73 Å². The number of rotatable bonds is 3. The Kier molecular flexibility index (Phi) is 2.88. The molecule has 0 aliphatic heterocycles. The molecule has 1 aromatic heterocycles. The maximum absolute atomic E-state index is 5.86. The van der Waals surface area contributed by atoms with E-state index < -0.39 is 0 Å². The maximum Gasteiger partial charge on any atom is 0.119 e. The van der Waals surface area contributed by atoms with Crippen LogP contribution in [0.4, 0.5) is 5.69 Å². The summed E-state index contributed by atoms with van der Waals surface area (Å²) in [6, 6.07) is 15.8. The van der Waals surface area contributed by atoms with Gasteiger partial charge in [-0.1, -0.05) is 18.2 Å². The normalized spacial score (nSPS) is 10.8. The van der Waals surface area contributed by atoms with Gasteiger partial charge in [-0.25, -0.2) is 0 Å². The zero-order valence-electron chi connectivity index (χ0n) is 10.8. The number of fused-ring (bicyclic) bond motifs is 1. The van der Waals surface area contributed by atoms with E-state index in [1.54, 1.807) is 0 Å². The standard InChI is InChI=1S/C16H16N2O/c1-18-10-12(11-19-14-5-3-2-4-6-14)15-9-13(17)7-8-16(15)18/h2-10H,11,17H2,1H3. The molecule has 0 spiro atoms. The van der Waals surface area contributed by atoms with E-state index in [4.69, 9.17) is 10.5 Å². The third-order valence-corrected chi connectivity index (χ3v) is 3.23. The van der Waals surface area contributed by atoms with Crippen LogP contribution < -0.4 is 10.5 Å². The second-order valence-electron chi connectivity index (χ2n) is 4.64. The van der Waals surface area contributed by atoms with Crippen LogP contribution in [-0.2, 0) is 13.7 Å². The SMILES string of the molecule is Cn1cc(COc2ccccc2)c2cc(N)ccc21. The summed E-state index contributed by atoms with van der Waals surface area (Å²) in [6.07, 6.45) is 2.09. The fourth-order valence-corrected chi connectivity index (χ4v) is 2.28. The molecule has 0 amide bonds. The predicted molar refractivity (Wildman–Crippen MR) is 78.1 cm³/mol. The fourth-order valence-electron chi connectivity index (χ4n) is 2.28. The molecule has 3 aromatic rings. The predicted octanol–water partition coefficient (Wildman–Crippen LogP) is 3.34. The number of anilines is 1. The number of para-hydroxylation sites is 1. The van der Waals surface area contributed by atoms with E-state index in [2.05, 4.69) is 10.8 Å². The van der Waals surface area contributed by atoms with Crippen molar-refractivity contribution in [3.05, 3.63) is 60.3 Å². The quantitative estimate of drug-likeness (QED) is 0.726. The van der Waals surface area contributed by atoms with Gasteiger partial charge in [-0.3, -0.25) is 0 Å². The van der Waals surface area contributed by atoms with E-state index in [9.17, 15) is 0 Å². The molecule has 96 valence electrons. The fraction of sp³-hybridized carbons (Fsp3) is 0.125. The number of hydrogen-bond donors (Lipinski definition) is 1. The molecule has 0 saturated carbocycles. The maximum atomic E-state index is 5.86. The number of aromatic nitrogens is 1. The highest BCUT2D eigenvalue weighted by molar-refractivity contribution is 5.86. The number of aryl methyl sites for hydroxylation is 1. The number of nitrogen functional groups attached to an aromatic ring is 1. The van der Waals surface area contributed by atoms with Crippen LogP contribution in [0.5, 0.6) is 5.75 Å². The molecule has 0 bridgehead atoms. The van der Waals surface area contributed by atoms with Gasteiger partial charge in [0.15, 0.2) is 0 Å². The summed E-state index contributed by atoms with van der Waals surface area (Å²) in [7, 11) is 2.03. The first-order valence-corrected chi connectivity index (χ1v) is 6.25. The highest BCUT2D eigenvalue weighted by Crippen LogP contribution is 2.24. The number of benzene rings is 2. The molecule has 0 atom stereocenters. The molecule has 2 aromatic carbocycles. The Morgan fingerprint density at radius 3 is 2.68 bits per heavy atom. The Labute approximate surface area is 112 Å². The van der Waals surface area contributed by atoms with Crippen molar-refractivity contribution in [2.24, 2.45) is 7.05 Å². The van der Waals surface area contributed by atoms with Gasteiger partial charge < -0.3 is 15.0 Å². The van der Waals surface area contributed by atoms with Crippen molar-refractivity contribution < 1.29 is 4.74 Å². The first kappa shape index (κ1) is 11.7. The monoisotopic (exact) mass is 252 g/mol. The van der Waals surface area contributed by atoms with E-state index in [0.29, 0.717) is 6.61 Å². The van der Waals surface area contributed by atoms with Gasteiger partial charge in [-0.15, -0.1) is 0 Å². The van der Waals surface area contributed by atoms with Crippen LogP contribution >= 0.6 is 0 Å². The Morgan fingerprint density at radius 1 is 1.11 bits per heavy atom. The molecule has 0 unspecified atom stereocenters. The van der Waals surface area contributed by atoms with Gasteiger partial charge in [0, 0.05) is 35.4 Å². The van der Waals surface area contributed by atoms with Crippen molar-refractivity contribution in [1.82, 2.24) is 4.57 Å². The molecule has 1 heterocycles. The van der Waals surface area contributed by atoms with Crippen LogP contribution in [0, 0.1) is 0 Å². The lowest BCUT2D eigenvalue weighted by atomic mass is 10.1. The molecule has 0 aliphatic carbocycles. The Bertz CT molecular complexity index is 701. The molecule has 0 saturated heterocycles. The first-order valence-electron chi connectivity index (χ1n) is 6.25. The molecule has 0 radical (unpaired) electrons. The number of hydrogen-bond acceptors (Lipinski definition) is 2. The third-order valence-electron chi connectivity index (χ3n) is 3.23. The molecule has 3 rings (SSSR count). The van der Waals surface area contributed by atoms with Crippen molar-refractivity contribution in [3.63, 3.8) is 0 Å². The number of nitrogens with two attached hydrogens (primary N) is 1. The highest BCUT2D eigenvalue weighted by Gasteiger charge is 2.07. The van der Waals surface area contributed by atoms with Crippen LogP contribution in [-0.4, -0.2) is 4.57 Å². The molecule has 3 nitrogen and oxygen atoms in total. The summed E-state index contributed by atoms with van der Waals surface area (Å²) in [6.45, 7) is 0.546. The van der Waals surface area contributed by atoms with E-state index in [1.165, 1.54) is 5.52 Å². The van der Waals surface area contributed by atoms with Crippen LogP contribution in [0.15, 0.2) is 54.7 Å². The van der Waals surface area contributed by atoms with Gasteiger partial charge in [-0.2, -0.15) is 0 Å². The van der Waals surface area contributed by atoms with Crippen molar-refractivity contribution in [2.45, 2.75) is 6.61 Å². The first-order chi connectivity index (χ1) is 9.24. The summed E-state index contributed by atoms with van der Waals surface area (Å²) >= 11 is 0. The molecular formula is C16H16N2O.